The van der Waals surface area contributed by atoms with Crippen LogP contribution in [0.4, 0.5) is 5.69 Å². The molecule has 0 spiro atoms. The molecule has 0 saturated carbocycles. The highest BCUT2D eigenvalue weighted by atomic mass is 35.5. The summed E-state index contributed by atoms with van der Waals surface area (Å²) < 4.78 is 10.6. The van der Waals surface area contributed by atoms with Crippen molar-refractivity contribution in [3.8, 4) is 5.75 Å². The van der Waals surface area contributed by atoms with Gasteiger partial charge in [0.1, 0.15) is 5.75 Å². The molecular formula is C19H25ClN4O3. The van der Waals surface area contributed by atoms with Gasteiger partial charge in [0.25, 0.3) is 0 Å². The van der Waals surface area contributed by atoms with Crippen molar-refractivity contribution >= 4 is 23.2 Å². The van der Waals surface area contributed by atoms with Gasteiger partial charge < -0.3 is 19.5 Å². The number of nitrogens with zero attached hydrogens (tertiary/aromatic N) is 3. The molecule has 1 aromatic heterocycles. The molecule has 0 radical (unpaired) electrons. The third kappa shape index (κ3) is 4.53. The molecule has 2 heterocycles. The number of hydrogen-bond donors (Lipinski definition) is 1. The van der Waals surface area contributed by atoms with E-state index in [1.165, 1.54) is 0 Å². The lowest BCUT2D eigenvalue weighted by Crippen LogP contribution is -2.32. The first-order chi connectivity index (χ1) is 13.0. The molecule has 1 fully saturated rings. The first kappa shape index (κ1) is 19.5. The zero-order chi connectivity index (χ0) is 19.4. The van der Waals surface area contributed by atoms with Crippen LogP contribution in [0.25, 0.3) is 0 Å². The highest BCUT2D eigenvalue weighted by Crippen LogP contribution is 2.32. The summed E-state index contributed by atoms with van der Waals surface area (Å²) in [6, 6.07) is 5.25. The first-order valence-corrected chi connectivity index (χ1v) is 9.57. The van der Waals surface area contributed by atoms with Crippen molar-refractivity contribution in [2.24, 2.45) is 0 Å². The summed E-state index contributed by atoms with van der Waals surface area (Å²) in [6.07, 6.45) is 2.16. The molecule has 1 saturated heterocycles. The van der Waals surface area contributed by atoms with Gasteiger partial charge in [0.05, 0.1) is 18.8 Å². The lowest BCUT2D eigenvalue weighted by atomic mass is 10.2. The number of halogens is 1. The van der Waals surface area contributed by atoms with Crippen LogP contribution in [0, 0.1) is 0 Å². The average Bonchev–Trinajstić information content (AvgIpc) is 3.31. The van der Waals surface area contributed by atoms with Gasteiger partial charge >= 0.3 is 0 Å². The Kier molecular flexibility index (Phi) is 6.21. The van der Waals surface area contributed by atoms with E-state index in [1.54, 1.807) is 25.3 Å². The molecule has 0 bridgehead atoms. The van der Waals surface area contributed by atoms with Gasteiger partial charge in [-0.25, -0.2) is 0 Å². The largest absolute Gasteiger partial charge is 0.495 e. The lowest BCUT2D eigenvalue weighted by Gasteiger charge is -2.22. The Morgan fingerprint density at radius 2 is 2.30 bits per heavy atom. The van der Waals surface area contributed by atoms with Crippen molar-refractivity contribution in [1.29, 1.82) is 0 Å². The van der Waals surface area contributed by atoms with Crippen molar-refractivity contribution in [3.05, 3.63) is 34.9 Å². The normalized spacial score (nSPS) is 16.8. The van der Waals surface area contributed by atoms with Gasteiger partial charge in [-0.3, -0.25) is 4.79 Å². The van der Waals surface area contributed by atoms with Gasteiger partial charge in [-0.05, 0) is 31.0 Å². The molecule has 1 aromatic carbocycles. The fraction of sp³-hybridized carbons (Fsp3) is 0.526. The van der Waals surface area contributed by atoms with E-state index >= 15 is 0 Å². The number of anilines is 1. The van der Waals surface area contributed by atoms with E-state index in [4.69, 9.17) is 20.9 Å². The lowest BCUT2D eigenvalue weighted by molar-refractivity contribution is -0.132. The maximum atomic E-state index is 12.7. The minimum atomic E-state index is -0.102. The number of rotatable bonds is 7. The Morgan fingerprint density at radius 1 is 1.48 bits per heavy atom. The smallest absolute Gasteiger partial charge is 0.229 e. The second-order valence-corrected chi connectivity index (χ2v) is 7.35. The summed E-state index contributed by atoms with van der Waals surface area (Å²) in [5.41, 5.74) is 0.774. The summed E-state index contributed by atoms with van der Waals surface area (Å²) in [5.74, 6) is 2.16. The van der Waals surface area contributed by atoms with Gasteiger partial charge in [0, 0.05) is 30.5 Å². The molecule has 0 aliphatic carbocycles. The second-order valence-electron chi connectivity index (χ2n) is 6.91. The number of hydrogen-bond acceptors (Lipinski definition) is 6. The first-order valence-electron chi connectivity index (χ1n) is 9.20. The van der Waals surface area contributed by atoms with Crippen molar-refractivity contribution in [1.82, 2.24) is 15.0 Å². The van der Waals surface area contributed by atoms with E-state index in [1.807, 2.05) is 18.7 Å². The third-order valence-electron chi connectivity index (χ3n) is 4.64. The van der Waals surface area contributed by atoms with E-state index in [0.717, 1.165) is 25.1 Å². The van der Waals surface area contributed by atoms with Gasteiger partial charge in [0.2, 0.25) is 11.8 Å². The standard InChI is InChI=1S/C19H25ClN4O3/c1-12(2)19-22-18(23-27-19)15-5-4-10-24(15)17(25)8-9-21-14-11-13(20)6-7-16(14)26-3/h6-7,11-12,15,21H,4-5,8-10H2,1-3H3/t15-/m0/s1. The summed E-state index contributed by atoms with van der Waals surface area (Å²) in [5, 5.41) is 7.93. The summed E-state index contributed by atoms with van der Waals surface area (Å²) in [6.45, 7) is 5.22. The number of benzene rings is 1. The van der Waals surface area contributed by atoms with Crippen molar-refractivity contribution < 1.29 is 14.1 Å². The van der Waals surface area contributed by atoms with Gasteiger partial charge in [0.15, 0.2) is 5.82 Å². The van der Waals surface area contributed by atoms with E-state index in [9.17, 15) is 4.79 Å². The predicted octanol–water partition coefficient (Wildman–Crippen LogP) is 4.02. The highest BCUT2D eigenvalue weighted by molar-refractivity contribution is 6.30. The number of carbonyl (C=O) groups excluding carboxylic acids is 1. The molecule has 3 rings (SSSR count). The molecule has 8 heteroatoms. The number of aromatic nitrogens is 2. The number of ether oxygens (including phenoxy) is 1. The molecule has 7 nitrogen and oxygen atoms in total. The van der Waals surface area contributed by atoms with Crippen LogP contribution >= 0.6 is 11.6 Å². The van der Waals surface area contributed by atoms with Gasteiger partial charge in [-0.15, -0.1) is 0 Å². The van der Waals surface area contributed by atoms with E-state index < -0.39 is 0 Å². The molecule has 1 atom stereocenters. The molecule has 1 N–H and O–H groups in total. The Hall–Kier alpha value is -2.28. The number of nitrogens with one attached hydrogen (secondary N) is 1. The molecule has 1 aliphatic rings. The predicted molar refractivity (Wildman–Crippen MR) is 103 cm³/mol. The van der Waals surface area contributed by atoms with Gasteiger partial charge in [-0.1, -0.05) is 30.6 Å². The number of likely N-dealkylation sites (tertiary alicyclic amines) is 1. The topological polar surface area (TPSA) is 80.5 Å². The van der Waals surface area contributed by atoms with Crippen molar-refractivity contribution in [2.45, 2.75) is 45.1 Å². The third-order valence-corrected chi connectivity index (χ3v) is 4.87. The monoisotopic (exact) mass is 392 g/mol. The van der Waals surface area contributed by atoms with Crippen molar-refractivity contribution in [3.63, 3.8) is 0 Å². The molecule has 2 aromatic rings. The van der Waals surface area contributed by atoms with Crippen LogP contribution in [-0.4, -0.2) is 41.1 Å². The Labute approximate surface area is 164 Å². The summed E-state index contributed by atoms with van der Waals surface area (Å²) >= 11 is 6.04. The number of amides is 1. The fourth-order valence-electron chi connectivity index (χ4n) is 3.22. The van der Waals surface area contributed by atoms with Crippen LogP contribution < -0.4 is 10.1 Å². The maximum absolute atomic E-state index is 12.7. The summed E-state index contributed by atoms with van der Waals surface area (Å²) in [7, 11) is 1.60. The Balaban J connectivity index is 1.59. The Bertz CT molecular complexity index is 793. The fourth-order valence-corrected chi connectivity index (χ4v) is 3.39. The number of carbonyl (C=O) groups is 1. The Morgan fingerprint density at radius 3 is 3.00 bits per heavy atom. The minimum absolute atomic E-state index is 0.0712. The molecular weight excluding hydrogens is 368 g/mol. The summed E-state index contributed by atoms with van der Waals surface area (Å²) in [4.78, 5) is 19.0. The quantitative estimate of drug-likeness (QED) is 0.766. The molecule has 27 heavy (non-hydrogen) atoms. The maximum Gasteiger partial charge on any atom is 0.229 e. The second kappa shape index (κ2) is 8.61. The minimum Gasteiger partial charge on any atom is -0.495 e. The van der Waals surface area contributed by atoms with Crippen molar-refractivity contribution in [2.75, 3.05) is 25.5 Å². The molecule has 1 aliphatic heterocycles. The molecule has 146 valence electrons. The molecule has 1 amide bonds. The van der Waals surface area contributed by atoms with Crippen LogP contribution in [0.5, 0.6) is 5.75 Å². The highest BCUT2D eigenvalue weighted by Gasteiger charge is 2.33. The van der Waals surface area contributed by atoms with Crippen LogP contribution in [0.15, 0.2) is 22.7 Å². The zero-order valence-corrected chi connectivity index (χ0v) is 16.6. The average molecular weight is 393 g/mol. The van der Waals surface area contributed by atoms with Crippen LogP contribution in [0.2, 0.25) is 5.02 Å². The van der Waals surface area contributed by atoms with Crippen LogP contribution in [0.1, 0.15) is 56.8 Å². The number of methoxy groups -OCH3 is 1. The molecule has 0 unspecified atom stereocenters. The van der Waals surface area contributed by atoms with Crippen LogP contribution in [-0.2, 0) is 4.79 Å². The van der Waals surface area contributed by atoms with E-state index in [0.29, 0.717) is 35.5 Å². The zero-order valence-electron chi connectivity index (χ0n) is 15.9. The SMILES string of the molecule is COc1ccc(Cl)cc1NCCC(=O)N1CCC[C@H]1c1noc(C(C)C)n1. The van der Waals surface area contributed by atoms with E-state index in [2.05, 4.69) is 15.5 Å². The van der Waals surface area contributed by atoms with Crippen LogP contribution in [0.3, 0.4) is 0 Å². The van der Waals surface area contributed by atoms with Gasteiger partial charge in [-0.2, -0.15) is 4.98 Å². The van der Waals surface area contributed by atoms with E-state index in [-0.39, 0.29) is 17.9 Å².